The lowest BCUT2D eigenvalue weighted by molar-refractivity contribution is -0.967. The highest BCUT2D eigenvalue weighted by Gasteiger charge is 2.54. The number of hydrogen-bond acceptors (Lipinski definition) is 0. The molecule has 0 aliphatic carbocycles. The molecule has 374 valence electrons. The molecule has 0 N–H and O–H groups in total. The molecule has 7 aromatic rings. The fourth-order valence-corrected chi connectivity index (χ4v) is 9.62. The molecule has 0 spiro atoms. The summed E-state index contributed by atoms with van der Waals surface area (Å²) in [6.45, 7) is 10.2. The Balaban J connectivity index is 0.000000268. The Morgan fingerprint density at radius 2 is 0.423 bits per heavy atom. The molecule has 7 aromatic carbocycles. The smallest absolute Gasteiger partial charge is 0.200 e. The summed E-state index contributed by atoms with van der Waals surface area (Å²) in [5.41, 5.74) is -10.5. The number of nitrogens with zero attached hydrogens (tertiary/aromatic N) is 1. The SMILES string of the molecule is CC[N+](CC)(CC)C(c1ccccc1)(c1ccccc1)c1ccccc1.Fc1c(F)c(F)c([B-](c2c(F)c(F)c(F)c(F)c2F)(c2c(F)c(F)c(F)c(F)c2F)c2c(F)c(F)c(F)c(F)c2F)c(F)c1F. The van der Waals surface area contributed by atoms with Crippen molar-refractivity contribution < 1.29 is 92.3 Å². The fourth-order valence-electron chi connectivity index (χ4n) is 9.62. The fraction of sp³-hybridized carbons (Fsp3) is 0.143. The Bertz CT molecular complexity index is 2660. The Morgan fingerprint density at radius 3 is 0.577 bits per heavy atom. The van der Waals surface area contributed by atoms with Crippen LogP contribution in [0, 0.1) is 116 Å². The molecule has 1 nitrogen and oxygen atoms in total. The van der Waals surface area contributed by atoms with E-state index in [1.807, 2.05) is 0 Å². The van der Waals surface area contributed by atoms with Gasteiger partial charge in [0.1, 0.15) is 52.7 Å². The Kier molecular flexibility index (Phi) is 15.2. The Labute approximate surface area is 389 Å². The molecule has 0 atom stereocenters. The van der Waals surface area contributed by atoms with E-state index in [-0.39, 0.29) is 5.54 Å². The van der Waals surface area contributed by atoms with Crippen molar-refractivity contribution in [3.8, 4) is 0 Å². The summed E-state index contributed by atoms with van der Waals surface area (Å²) in [5.74, 6) is -71.4. The van der Waals surface area contributed by atoms with Gasteiger partial charge < -0.3 is 4.48 Å². The van der Waals surface area contributed by atoms with Crippen molar-refractivity contribution in [2.24, 2.45) is 0 Å². The summed E-state index contributed by atoms with van der Waals surface area (Å²) in [6.07, 6.45) is -7.22. The van der Waals surface area contributed by atoms with Gasteiger partial charge in [0, 0.05) is 16.7 Å². The molecular formula is C49H30BF20N. The molecule has 22 heteroatoms. The Morgan fingerprint density at radius 1 is 0.268 bits per heavy atom. The van der Waals surface area contributed by atoms with Gasteiger partial charge in [-0.2, -0.15) is 0 Å². The van der Waals surface area contributed by atoms with Gasteiger partial charge in [0.05, 0.1) is 19.6 Å². The molecule has 7 rings (SSSR count). The molecule has 0 bridgehead atoms. The van der Waals surface area contributed by atoms with Gasteiger partial charge in [-0.3, -0.25) is 0 Å². The summed E-state index contributed by atoms with van der Waals surface area (Å²) in [4.78, 5) is 0. The van der Waals surface area contributed by atoms with Crippen molar-refractivity contribution in [1.82, 2.24) is 0 Å². The summed E-state index contributed by atoms with van der Waals surface area (Å²) < 4.78 is 295. The van der Waals surface area contributed by atoms with Gasteiger partial charge in [-0.15, -0.1) is 21.9 Å². The van der Waals surface area contributed by atoms with Crippen molar-refractivity contribution in [3.05, 3.63) is 224 Å². The highest BCUT2D eigenvalue weighted by molar-refractivity contribution is 7.20. The second-order valence-corrected chi connectivity index (χ2v) is 15.7. The lowest BCUT2D eigenvalue weighted by Gasteiger charge is -2.53. The molecule has 0 fully saturated rings. The lowest BCUT2D eigenvalue weighted by Crippen LogP contribution is -2.81. The van der Waals surface area contributed by atoms with Crippen LogP contribution >= 0.6 is 0 Å². The van der Waals surface area contributed by atoms with Crippen LogP contribution in [0.3, 0.4) is 0 Å². The first kappa shape index (κ1) is 53.5. The van der Waals surface area contributed by atoms with E-state index in [1.54, 1.807) is 0 Å². The number of benzene rings is 7. The quantitative estimate of drug-likeness (QED) is 0.0303. The number of hydrogen-bond donors (Lipinski definition) is 0. The average Bonchev–Trinajstić information content (AvgIpc) is 3.38. The number of quaternary nitrogens is 1. The summed E-state index contributed by atoms with van der Waals surface area (Å²) in [6, 6.07) is 33.2. The van der Waals surface area contributed by atoms with Gasteiger partial charge in [-0.1, -0.05) is 91.0 Å². The van der Waals surface area contributed by atoms with Crippen molar-refractivity contribution in [1.29, 1.82) is 0 Å². The molecule has 0 aliphatic heterocycles. The molecule has 0 amide bonds. The van der Waals surface area contributed by atoms with Crippen LogP contribution in [-0.4, -0.2) is 30.3 Å². The van der Waals surface area contributed by atoms with Gasteiger partial charge in [-0.25, -0.2) is 87.8 Å². The minimum Gasteiger partial charge on any atom is -0.308 e. The van der Waals surface area contributed by atoms with E-state index in [1.165, 1.54) is 16.7 Å². The molecule has 0 saturated carbocycles. The maximum absolute atomic E-state index is 15.4. The molecule has 0 heterocycles. The molecule has 0 aliphatic rings. The van der Waals surface area contributed by atoms with E-state index in [0.717, 1.165) is 24.1 Å². The average molecular weight is 1020 g/mol. The van der Waals surface area contributed by atoms with E-state index >= 15 is 35.1 Å². The van der Waals surface area contributed by atoms with E-state index in [2.05, 4.69) is 112 Å². The van der Waals surface area contributed by atoms with E-state index < -0.39 is 144 Å². The second kappa shape index (κ2) is 20.1. The predicted molar refractivity (Wildman–Crippen MR) is 220 cm³/mol. The van der Waals surface area contributed by atoms with Gasteiger partial charge in [0.2, 0.25) is 0 Å². The van der Waals surface area contributed by atoms with Crippen LogP contribution in [0.1, 0.15) is 37.5 Å². The Hall–Kier alpha value is -6.84. The largest absolute Gasteiger partial charge is 0.308 e. The molecule has 0 unspecified atom stereocenters. The summed E-state index contributed by atoms with van der Waals surface area (Å²) >= 11 is 0. The van der Waals surface area contributed by atoms with Crippen molar-refractivity contribution in [2.75, 3.05) is 19.6 Å². The normalized spacial score (nSPS) is 12.0. The second-order valence-electron chi connectivity index (χ2n) is 15.7. The van der Waals surface area contributed by atoms with Crippen LogP contribution < -0.4 is 21.9 Å². The molecular weight excluding hydrogens is 993 g/mol. The summed E-state index contributed by atoms with van der Waals surface area (Å²) in [5, 5.41) is 0. The molecule has 71 heavy (non-hydrogen) atoms. The molecule has 0 saturated heterocycles. The number of halogens is 20. The molecule has 0 radical (unpaired) electrons. The standard InChI is InChI=1S/C25H30N.C24BF20/c1-4-26(5-2,6-3)25(22-16-10-7-11-17-22,23-18-12-8-13-19-23)24-20-14-9-15-21-24;26-5-1(6(27)14(35)21(42)13(5)34)25(2-7(28)15(36)22(43)16(37)8(2)29,3-9(30)17(38)23(44)18(39)10(3)31)4-11(32)19(40)24(45)20(41)12(4)33/h7-21H,4-6H2,1-3H3;/q+1;-1. The third-order valence-corrected chi connectivity index (χ3v) is 12.8. The first-order valence-electron chi connectivity index (χ1n) is 20.7. The van der Waals surface area contributed by atoms with Gasteiger partial charge in [0.15, 0.2) is 75.3 Å². The van der Waals surface area contributed by atoms with Crippen LogP contribution in [0.25, 0.3) is 0 Å². The van der Waals surface area contributed by atoms with Crippen LogP contribution in [0.15, 0.2) is 91.0 Å². The predicted octanol–water partition coefficient (Wildman–Crippen LogP) is 11.7. The van der Waals surface area contributed by atoms with Crippen LogP contribution in [0.4, 0.5) is 87.8 Å². The minimum absolute atomic E-state index is 0.220. The minimum atomic E-state index is -7.22. The van der Waals surface area contributed by atoms with Crippen LogP contribution in [0.5, 0.6) is 0 Å². The van der Waals surface area contributed by atoms with Crippen LogP contribution in [-0.2, 0) is 5.54 Å². The van der Waals surface area contributed by atoms with E-state index in [4.69, 9.17) is 0 Å². The highest BCUT2D eigenvalue weighted by atomic mass is 19.2. The third kappa shape index (κ3) is 7.88. The zero-order valence-electron chi connectivity index (χ0n) is 36.4. The zero-order valence-corrected chi connectivity index (χ0v) is 36.4. The van der Waals surface area contributed by atoms with E-state index in [9.17, 15) is 52.7 Å². The first-order chi connectivity index (χ1) is 33.4. The lowest BCUT2D eigenvalue weighted by atomic mass is 9.12. The topological polar surface area (TPSA) is 0 Å². The van der Waals surface area contributed by atoms with Gasteiger partial charge in [0.25, 0.3) is 0 Å². The van der Waals surface area contributed by atoms with E-state index in [0.29, 0.717) is 0 Å². The maximum atomic E-state index is 15.4. The number of rotatable bonds is 11. The van der Waals surface area contributed by atoms with Gasteiger partial charge in [-0.05, 0) is 20.8 Å². The monoisotopic (exact) mass is 1020 g/mol. The van der Waals surface area contributed by atoms with Crippen molar-refractivity contribution in [3.63, 3.8) is 0 Å². The van der Waals surface area contributed by atoms with Crippen molar-refractivity contribution >= 4 is 28.0 Å². The van der Waals surface area contributed by atoms with Gasteiger partial charge >= 0.3 is 0 Å². The highest BCUT2D eigenvalue weighted by Crippen LogP contribution is 2.47. The summed E-state index contributed by atoms with van der Waals surface area (Å²) in [7, 11) is 0. The zero-order chi connectivity index (χ0) is 52.8. The molecule has 0 aromatic heterocycles. The maximum Gasteiger partial charge on any atom is 0.200 e. The van der Waals surface area contributed by atoms with Crippen LogP contribution in [0.2, 0.25) is 0 Å². The van der Waals surface area contributed by atoms with Crippen molar-refractivity contribution in [2.45, 2.75) is 26.3 Å². The third-order valence-electron chi connectivity index (χ3n) is 12.8. The first-order valence-corrected chi connectivity index (χ1v) is 20.7.